The number of nitrogens with zero attached hydrogens (tertiary/aromatic N) is 2. The van der Waals surface area contributed by atoms with Crippen molar-refractivity contribution in [3.8, 4) is 0 Å². The molecule has 0 heterocycles. The van der Waals surface area contributed by atoms with Gasteiger partial charge < -0.3 is 0 Å². The maximum absolute atomic E-state index is 12.3. The van der Waals surface area contributed by atoms with Gasteiger partial charge in [-0.1, -0.05) is 59.6 Å². The molecule has 0 unspecified atom stereocenters. The number of Topliss-reactive ketones (excluding diaryl/α,β-unsaturated/α-hetero) is 1. The Kier molecular flexibility index (Phi) is 4.04. The fourth-order valence-electron chi connectivity index (χ4n) is 1.99. The first-order chi connectivity index (χ1) is 10.2. The summed E-state index contributed by atoms with van der Waals surface area (Å²) in [5.74, 6) is -0.603. The summed E-state index contributed by atoms with van der Waals surface area (Å²) in [5.41, 5.74) is -3.03. The topological polar surface area (TPSA) is 103 Å². The Morgan fingerprint density at radius 2 is 1.59 bits per heavy atom. The van der Waals surface area contributed by atoms with Crippen LogP contribution in [0.5, 0.6) is 0 Å². The summed E-state index contributed by atoms with van der Waals surface area (Å²) in [5, 5.41) is 22.5. The van der Waals surface area contributed by atoms with Gasteiger partial charge in [-0.15, -0.1) is 0 Å². The molecular formula is C13H8Cl2N2O5. The fraction of sp³-hybridized carbons (Fsp3) is 0.154. The summed E-state index contributed by atoms with van der Waals surface area (Å²) in [7, 11) is 0. The predicted molar refractivity (Wildman–Crippen MR) is 79.2 cm³/mol. The number of carbonyl (C=O) groups is 1. The molecule has 0 spiro atoms. The summed E-state index contributed by atoms with van der Waals surface area (Å²) >= 11 is 11.5. The van der Waals surface area contributed by atoms with E-state index in [2.05, 4.69) is 0 Å². The number of carbonyl (C=O) groups excluding carboxylic acids is 1. The summed E-state index contributed by atoms with van der Waals surface area (Å²) in [6.45, 7) is 0. The van der Waals surface area contributed by atoms with Gasteiger partial charge in [0.15, 0.2) is 5.78 Å². The molecule has 0 amide bonds. The van der Waals surface area contributed by atoms with Gasteiger partial charge in [0.25, 0.3) is 4.33 Å². The number of ketones is 1. The molecule has 1 aromatic rings. The molecule has 0 fully saturated rings. The van der Waals surface area contributed by atoms with Crippen molar-refractivity contribution < 1.29 is 14.6 Å². The van der Waals surface area contributed by atoms with Crippen LogP contribution in [0, 0.1) is 20.2 Å². The van der Waals surface area contributed by atoms with E-state index in [1.165, 1.54) is 12.1 Å². The van der Waals surface area contributed by atoms with E-state index < -0.39 is 25.6 Å². The van der Waals surface area contributed by atoms with E-state index in [1.807, 2.05) is 0 Å². The second kappa shape index (κ2) is 5.51. The van der Waals surface area contributed by atoms with Crippen LogP contribution in [-0.4, -0.2) is 25.6 Å². The van der Waals surface area contributed by atoms with Gasteiger partial charge in [-0.25, -0.2) is 0 Å². The van der Waals surface area contributed by atoms with Crippen molar-refractivity contribution in [2.45, 2.75) is 10.00 Å². The SMILES string of the molecule is O=C(C1=CC([N+](=O)[O-])([N+](=O)[O-])C(Cl)(Cl)C=C1)c1ccccc1. The minimum absolute atomic E-state index is 0.225. The highest BCUT2D eigenvalue weighted by Gasteiger charge is 2.71. The highest BCUT2D eigenvalue weighted by atomic mass is 35.5. The second-order valence-electron chi connectivity index (χ2n) is 4.49. The molecule has 9 heteroatoms. The lowest BCUT2D eigenvalue weighted by Gasteiger charge is -2.26. The number of nitro groups is 2. The van der Waals surface area contributed by atoms with Crippen molar-refractivity contribution in [3.05, 3.63) is 79.9 Å². The summed E-state index contributed by atoms with van der Waals surface area (Å²) in [4.78, 5) is 32.4. The Hall–Kier alpha value is -2.25. The maximum Gasteiger partial charge on any atom is 0.513 e. The maximum atomic E-state index is 12.3. The van der Waals surface area contributed by atoms with Crippen molar-refractivity contribution in [2.75, 3.05) is 0 Å². The molecule has 0 radical (unpaired) electrons. The van der Waals surface area contributed by atoms with Crippen LogP contribution in [-0.2, 0) is 0 Å². The van der Waals surface area contributed by atoms with Crippen molar-refractivity contribution in [1.82, 2.24) is 0 Å². The lowest BCUT2D eigenvalue weighted by atomic mass is 9.91. The Labute approximate surface area is 134 Å². The number of halogens is 2. The number of benzene rings is 1. The van der Waals surface area contributed by atoms with Gasteiger partial charge in [-0.2, -0.15) is 0 Å². The van der Waals surface area contributed by atoms with E-state index in [0.29, 0.717) is 6.08 Å². The average Bonchev–Trinajstić information content (AvgIpc) is 2.46. The Morgan fingerprint density at radius 3 is 2.09 bits per heavy atom. The molecule has 0 saturated carbocycles. The lowest BCUT2D eigenvalue weighted by molar-refractivity contribution is -0.781. The van der Waals surface area contributed by atoms with Crippen LogP contribution < -0.4 is 0 Å². The molecule has 0 atom stereocenters. The second-order valence-corrected chi connectivity index (χ2v) is 5.88. The lowest BCUT2D eigenvalue weighted by Crippen LogP contribution is -2.58. The van der Waals surface area contributed by atoms with Crippen molar-refractivity contribution >= 4 is 29.0 Å². The van der Waals surface area contributed by atoms with Crippen molar-refractivity contribution in [2.24, 2.45) is 0 Å². The molecule has 1 aliphatic carbocycles. The zero-order valence-electron chi connectivity index (χ0n) is 10.8. The van der Waals surface area contributed by atoms with Gasteiger partial charge in [-0.05, 0) is 6.08 Å². The monoisotopic (exact) mass is 342 g/mol. The molecule has 114 valence electrons. The fourth-order valence-corrected chi connectivity index (χ4v) is 2.50. The van der Waals surface area contributed by atoms with Crippen LogP contribution in [0.4, 0.5) is 0 Å². The Bertz CT molecular complexity index is 698. The van der Waals surface area contributed by atoms with Crippen molar-refractivity contribution in [3.63, 3.8) is 0 Å². The number of hydrogen-bond donors (Lipinski definition) is 0. The average molecular weight is 343 g/mol. The quantitative estimate of drug-likeness (QED) is 0.275. The van der Waals surface area contributed by atoms with Crippen LogP contribution >= 0.6 is 23.2 Å². The normalized spacial score (nSPS) is 18.4. The van der Waals surface area contributed by atoms with E-state index in [-0.39, 0.29) is 11.1 Å². The Balaban J connectivity index is 2.58. The zero-order valence-corrected chi connectivity index (χ0v) is 12.3. The van der Waals surface area contributed by atoms with Crippen LogP contribution in [0.2, 0.25) is 0 Å². The molecular weight excluding hydrogens is 335 g/mol. The van der Waals surface area contributed by atoms with Gasteiger partial charge in [0, 0.05) is 11.1 Å². The standard InChI is InChI=1S/C13H8Cl2N2O5/c14-12(15)7-6-10(8-13(12,16(19)20)17(21)22)11(18)9-4-2-1-3-5-9/h1-8H. The third kappa shape index (κ3) is 2.38. The summed E-state index contributed by atoms with van der Waals surface area (Å²) in [6, 6.07) is 7.85. The highest BCUT2D eigenvalue weighted by molar-refractivity contribution is 6.51. The Morgan fingerprint density at radius 1 is 1.05 bits per heavy atom. The van der Waals surface area contributed by atoms with Crippen molar-refractivity contribution in [1.29, 1.82) is 0 Å². The molecule has 0 aliphatic heterocycles. The van der Waals surface area contributed by atoms with E-state index in [0.717, 1.165) is 12.2 Å². The molecule has 22 heavy (non-hydrogen) atoms. The number of allylic oxidation sites excluding steroid dienone is 2. The molecule has 0 bridgehead atoms. The van der Waals surface area contributed by atoms with Gasteiger partial charge >= 0.3 is 5.66 Å². The van der Waals surface area contributed by atoms with E-state index in [1.54, 1.807) is 18.2 Å². The van der Waals surface area contributed by atoms with Gasteiger partial charge in [0.2, 0.25) is 0 Å². The van der Waals surface area contributed by atoms with Crippen LogP contribution in [0.25, 0.3) is 0 Å². The van der Waals surface area contributed by atoms with Gasteiger partial charge in [-0.3, -0.25) is 25.0 Å². The van der Waals surface area contributed by atoms with E-state index in [9.17, 15) is 25.0 Å². The highest BCUT2D eigenvalue weighted by Crippen LogP contribution is 2.43. The number of hydrogen-bond acceptors (Lipinski definition) is 5. The first kappa shape index (κ1) is 16.1. The molecule has 0 saturated heterocycles. The zero-order chi connectivity index (χ0) is 16.5. The third-order valence-electron chi connectivity index (χ3n) is 3.17. The van der Waals surface area contributed by atoms with Gasteiger partial charge in [0.1, 0.15) is 9.85 Å². The third-order valence-corrected chi connectivity index (χ3v) is 3.98. The van der Waals surface area contributed by atoms with Crippen LogP contribution in [0.15, 0.2) is 54.1 Å². The minimum atomic E-state index is -3.04. The summed E-state index contributed by atoms with van der Waals surface area (Å²) < 4.78 is -2.42. The molecule has 1 aromatic carbocycles. The van der Waals surface area contributed by atoms with E-state index >= 15 is 0 Å². The molecule has 1 aliphatic rings. The van der Waals surface area contributed by atoms with Crippen LogP contribution in [0.1, 0.15) is 10.4 Å². The van der Waals surface area contributed by atoms with E-state index in [4.69, 9.17) is 23.2 Å². The van der Waals surface area contributed by atoms with Gasteiger partial charge in [0.05, 0.1) is 6.08 Å². The first-order valence-electron chi connectivity index (χ1n) is 5.91. The number of rotatable bonds is 4. The smallest absolute Gasteiger partial charge is 0.289 e. The molecule has 0 N–H and O–H groups in total. The molecule has 7 nitrogen and oxygen atoms in total. The largest absolute Gasteiger partial charge is 0.513 e. The molecule has 2 rings (SSSR count). The molecule has 0 aromatic heterocycles. The predicted octanol–water partition coefficient (Wildman–Crippen LogP) is 2.79. The number of alkyl halides is 2. The summed E-state index contributed by atoms with van der Waals surface area (Å²) in [6.07, 6.45) is 2.60. The minimum Gasteiger partial charge on any atom is -0.289 e. The van der Waals surface area contributed by atoms with Crippen LogP contribution in [0.3, 0.4) is 0 Å². The first-order valence-corrected chi connectivity index (χ1v) is 6.66.